The van der Waals surface area contributed by atoms with Crippen LogP contribution in [0.5, 0.6) is 0 Å². The predicted molar refractivity (Wildman–Crippen MR) is 144 cm³/mol. The van der Waals surface area contributed by atoms with Crippen molar-refractivity contribution in [1.82, 2.24) is 4.90 Å². The lowest BCUT2D eigenvalue weighted by Crippen LogP contribution is -2.32. The SMILES string of the molecule is CC(=O)N(CCCN1CCCC1)c1ccc(-c2cc(=O)c3c(NC(=O)C(C)(C)C)c(F)cc(F)c3o2)cc1F. The molecule has 1 N–H and O–H groups in total. The summed E-state index contributed by atoms with van der Waals surface area (Å²) in [6, 6.07) is 5.47. The molecule has 2 aromatic carbocycles. The van der Waals surface area contributed by atoms with Crippen molar-refractivity contribution in [3.63, 3.8) is 0 Å². The van der Waals surface area contributed by atoms with Crippen LogP contribution in [0, 0.1) is 22.9 Å². The van der Waals surface area contributed by atoms with Crippen molar-refractivity contribution in [2.45, 2.75) is 47.0 Å². The van der Waals surface area contributed by atoms with E-state index in [1.807, 2.05) is 0 Å². The number of hydrogen-bond donors (Lipinski definition) is 1. The van der Waals surface area contributed by atoms with Crippen molar-refractivity contribution < 1.29 is 27.2 Å². The van der Waals surface area contributed by atoms with Crippen molar-refractivity contribution >= 4 is 34.2 Å². The standard InChI is InChI=1S/C29H32F3N3O4/c1-17(36)35(13-7-12-34-10-5-6-11-34)22-9-8-18(14-19(22)30)24-16-23(37)25-26(33-28(38)29(2,3)4)20(31)15-21(32)27(25)39-24/h8-9,14-16H,5-7,10-13H2,1-4H3,(H,33,38). The van der Waals surface area contributed by atoms with Crippen molar-refractivity contribution in [1.29, 1.82) is 0 Å². The van der Waals surface area contributed by atoms with Crippen LogP contribution in [0.3, 0.4) is 0 Å². The zero-order chi connectivity index (χ0) is 28.5. The van der Waals surface area contributed by atoms with Gasteiger partial charge in [-0.25, -0.2) is 13.2 Å². The minimum absolute atomic E-state index is 0.0799. The van der Waals surface area contributed by atoms with Crippen LogP contribution in [0.15, 0.2) is 39.5 Å². The highest BCUT2D eigenvalue weighted by Crippen LogP contribution is 2.33. The first-order valence-electron chi connectivity index (χ1n) is 12.9. The maximum absolute atomic E-state index is 15.2. The number of nitrogens with zero attached hydrogens (tertiary/aromatic N) is 2. The molecule has 1 saturated heterocycles. The first kappa shape index (κ1) is 28.4. The molecular formula is C29H32F3N3O4. The number of nitrogens with one attached hydrogen (secondary N) is 1. The van der Waals surface area contributed by atoms with E-state index in [1.54, 1.807) is 20.8 Å². The van der Waals surface area contributed by atoms with E-state index in [-0.39, 0.29) is 22.9 Å². The van der Waals surface area contributed by atoms with Gasteiger partial charge in [-0.05, 0) is 57.1 Å². The second-order valence-corrected chi connectivity index (χ2v) is 10.8. The molecule has 10 heteroatoms. The molecule has 0 saturated carbocycles. The van der Waals surface area contributed by atoms with E-state index < -0.39 is 50.9 Å². The molecule has 39 heavy (non-hydrogen) atoms. The molecule has 0 atom stereocenters. The Hall–Kier alpha value is -3.66. The molecule has 3 aromatic rings. The number of benzene rings is 2. The number of likely N-dealkylation sites (tertiary alicyclic amines) is 1. The lowest BCUT2D eigenvalue weighted by atomic mass is 9.95. The third-order valence-electron chi connectivity index (χ3n) is 6.78. The van der Waals surface area contributed by atoms with Gasteiger partial charge >= 0.3 is 0 Å². The van der Waals surface area contributed by atoms with Crippen molar-refractivity contribution in [2.75, 3.05) is 36.4 Å². The summed E-state index contributed by atoms with van der Waals surface area (Å²) in [6.07, 6.45) is 3.00. The zero-order valence-electron chi connectivity index (χ0n) is 22.5. The quantitative estimate of drug-likeness (QED) is 0.413. The average molecular weight is 544 g/mol. The minimum Gasteiger partial charge on any atom is -0.453 e. The average Bonchev–Trinajstić information content (AvgIpc) is 3.37. The summed E-state index contributed by atoms with van der Waals surface area (Å²) in [4.78, 5) is 41.4. The van der Waals surface area contributed by atoms with Crippen molar-refractivity contribution in [3.8, 4) is 11.3 Å². The van der Waals surface area contributed by atoms with Gasteiger partial charge < -0.3 is 19.5 Å². The van der Waals surface area contributed by atoms with E-state index in [2.05, 4.69) is 10.2 Å². The fraction of sp³-hybridized carbons (Fsp3) is 0.414. The Kier molecular flexibility index (Phi) is 8.15. The topological polar surface area (TPSA) is 82.9 Å². The first-order chi connectivity index (χ1) is 18.4. The monoisotopic (exact) mass is 543 g/mol. The largest absolute Gasteiger partial charge is 0.453 e. The maximum atomic E-state index is 15.2. The van der Waals surface area contributed by atoms with Gasteiger partial charge in [0.05, 0.1) is 16.8 Å². The van der Waals surface area contributed by atoms with Crippen LogP contribution >= 0.6 is 0 Å². The molecule has 208 valence electrons. The van der Waals surface area contributed by atoms with Gasteiger partial charge in [-0.15, -0.1) is 0 Å². The number of amides is 2. The van der Waals surface area contributed by atoms with E-state index in [1.165, 1.54) is 24.0 Å². The van der Waals surface area contributed by atoms with Crippen LogP contribution in [-0.4, -0.2) is 42.9 Å². The summed E-state index contributed by atoms with van der Waals surface area (Å²) in [5, 5.41) is 1.89. The van der Waals surface area contributed by atoms with E-state index >= 15 is 4.39 Å². The summed E-state index contributed by atoms with van der Waals surface area (Å²) in [5.74, 6) is -4.03. The molecule has 0 aliphatic carbocycles. The summed E-state index contributed by atoms with van der Waals surface area (Å²) in [6.45, 7) is 9.38. The van der Waals surface area contributed by atoms with Gasteiger partial charge in [-0.1, -0.05) is 20.8 Å². The fourth-order valence-corrected chi connectivity index (χ4v) is 4.62. The van der Waals surface area contributed by atoms with Crippen LogP contribution in [0.1, 0.15) is 47.0 Å². The Morgan fingerprint density at radius 3 is 2.33 bits per heavy atom. The molecule has 1 aliphatic heterocycles. The van der Waals surface area contributed by atoms with E-state index in [4.69, 9.17) is 4.42 Å². The van der Waals surface area contributed by atoms with Gasteiger partial charge in [0, 0.05) is 36.6 Å². The molecule has 1 aromatic heterocycles. The molecular weight excluding hydrogens is 511 g/mol. The molecule has 0 radical (unpaired) electrons. The molecule has 2 amide bonds. The maximum Gasteiger partial charge on any atom is 0.229 e. The van der Waals surface area contributed by atoms with Gasteiger partial charge in [-0.2, -0.15) is 0 Å². The van der Waals surface area contributed by atoms with Gasteiger partial charge in [-0.3, -0.25) is 14.4 Å². The third kappa shape index (κ3) is 6.16. The molecule has 2 heterocycles. The predicted octanol–water partition coefficient (Wildman–Crippen LogP) is 5.70. The fourth-order valence-electron chi connectivity index (χ4n) is 4.62. The summed E-state index contributed by atoms with van der Waals surface area (Å²) in [5.41, 5.74) is -2.57. The van der Waals surface area contributed by atoms with E-state index in [0.29, 0.717) is 19.0 Å². The first-order valence-corrected chi connectivity index (χ1v) is 12.9. The number of hydrogen-bond acceptors (Lipinski definition) is 5. The number of anilines is 2. The highest BCUT2D eigenvalue weighted by atomic mass is 19.1. The van der Waals surface area contributed by atoms with Crippen LogP contribution in [-0.2, 0) is 9.59 Å². The third-order valence-corrected chi connectivity index (χ3v) is 6.78. The Balaban J connectivity index is 1.66. The van der Waals surface area contributed by atoms with Crippen LogP contribution in [0.4, 0.5) is 24.5 Å². The van der Waals surface area contributed by atoms with E-state index in [9.17, 15) is 23.2 Å². The number of carbonyl (C=O) groups is 2. The van der Waals surface area contributed by atoms with Crippen LogP contribution in [0.2, 0.25) is 0 Å². The number of fused-ring (bicyclic) bond motifs is 1. The van der Waals surface area contributed by atoms with Crippen molar-refractivity contribution in [3.05, 3.63) is 58.0 Å². The lowest BCUT2D eigenvalue weighted by Gasteiger charge is -2.23. The number of carbonyl (C=O) groups excluding carboxylic acids is 2. The Morgan fingerprint density at radius 2 is 1.72 bits per heavy atom. The lowest BCUT2D eigenvalue weighted by molar-refractivity contribution is -0.123. The molecule has 1 fully saturated rings. The zero-order valence-corrected chi connectivity index (χ0v) is 22.5. The van der Waals surface area contributed by atoms with Gasteiger partial charge in [0.25, 0.3) is 0 Å². The summed E-state index contributed by atoms with van der Waals surface area (Å²) >= 11 is 0. The molecule has 0 spiro atoms. The van der Waals surface area contributed by atoms with Crippen molar-refractivity contribution in [2.24, 2.45) is 5.41 Å². The highest BCUT2D eigenvalue weighted by molar-refractivity contribution is 6.03. The van der Waals surface area contributed by atoms with Gasteiger partial charge in [0.15, 0.2) is 22.6 Å². The Bertz CT molecular complexity index is 1470. The van der Waals surface area contributed by atoms with E-state index in [0.717, 1.165) is 44.6 Å². The van der Waals surface area contributed by atoms with Gasteiger partial charge in [0.1, 0.15) is 11.6 Å². The molecule has 1 aliphatic rings. The normalized spacial score (nSPS) is 14.1. The smallest absolute Gasteiger partial charge is 0.229 e. The Labute approximate surface area is 224 Å². The molecule has 0 unspecified atom stereocenters. The highest BCUT2D eigenvalue weighted by Gasteiger charge is 2.26. The molecule has 4 rings (SSSR count). The summed E-state index contributed by atoms with van der Waals surface area (Å²) < 4.78 is 50.2. The number of halogens is 3. The van der Waals surface area contributed by atoms with Crippen LogP contribution in [0.25, 0.3) is 22.3 Å². The minimum atomic E-state index is -1.15. The second kappa shape index (κ2) is 11.2. The van der Waals surface area contributed by atoms with Crippen LogP contribution < -0.4 is 15.6 Å². The van der Waals surface area contributed by atoms with Gasteiger partial charge in [0.2, 0.25) is 11.8 Å². The second-order valence-electron chi connectivity index (χ2n) is 10.8. The molecule has 7 nitrogen and oxygen atoms in total. The Morgan fingerprint density at radius 1 is 1.03 bits per heavy atom. The molecule has 0 bridgehead atoms. The summed E-state index contributed by atoms with van der Waals surface area (Å²) in [7, 11) is 0. The number of rotatable bonds is 7.